The Hall–Kier alpha value is -1.16. The maximum Gasteiger partial charge on any atom is 0.166 e. The Bertz CT molecular complexity index is 383. The Morgan fingerprint density at radius 2 is 2.06 bits per heavy atom. The summed E-state index contributed by atoms with van der Waals surface area (Å²) in [6.07, 6.45) is 1.46. The van der Waals surface area contributed by atoms with Crippen molar-refractivity contribution in [1.82, 2.24) is 9.78 Å². The molecule has 0 saturated heterocycles. The van der Waals surface area contributed by atoms with Crippen LogP contribution < -0.4 is 0 Å². The highest BCUT2D eigenvalue weighted by atomic mass is 16.5. The summed E-state index contributed by atoms with van der Waals surface area (Å²) in [6.45, 7) is 10.0. The van der Waals surface area contributed by atoms with Crippen molar-refractivity contribution in [3.05, 3.63) is 17.0 Å². The van der Waals surface area contributed by atoms with Crippen molar-refractivity contribution in [3.63, 3.8) is 0 Å². The number of ketones is 1. The molecule has 1 rings (SSSR count). The third kappa shape index (κ3) is 3.40. The Kier molecular flexibility index (Phi) is 5.35. The molecule has 4 heteroatoms. The van der Waals surface area contributed by atoms with Gasteiger partial charge in [0.15, 0.2) is 5.78 Å². The number of aryl methyl sites for hydroxylation is 2. The lowest BCUT2D eigenvalue weighted by atomic mass is 10.1. The fourth-order valence-electron chi connectivity index (χ4n) is 1.96. The number of carbonyl (C=O) groups excluding carboxylic acids is 1. The number of hydrogen-bond donors (Lipinski definition) is 0. The number of Topliss-reactive ketones (excluding diaryl/α,β-unsaturated/α-hetero) is 1. The molecule has 0 amide bonds. The summed E-state index contributed by atoms with van der Waals surface area (Å²) < 4.78 is 7.21. The standard InChI is InChI=1S/C13H22N2O2/c1-5-12(16)13-10(3)14-15(11(13)4)8-7-9-17-6-2/h5-9H2,1-4H3. The summed E-state index contributed by atoms with van der Waals surface area (Å²) in [5, 5.41) is 4.42. The second-order valence-electron chi connectivity index (χ2n) is 4.10. The Morgan fingerprint density at radius 1 is 1.35 bits per heavy atom. The Morgan fingerprint density at radius 3 is 2.65 bits per heavy atom. The monoisotopic (exact) mass is 238 g/mol. The molecule has 1 aromatic heterocycles. The van der Waals surface area contributed by atoms with Gasteiger partial charge in [-0.05, 0) is 27.2 Å². The smallest absolute Gasteiger partial charge is 0.166 e. The SMILES string of the molecule is CCOCCCn1nc(C)c(C(=O)CC)c1C. The molecule has 0 aliphatic carbocycles. The van der Waals surface area contributed by atoms with Crippen LogP contribution in [0.3, 0.4) is 0 Å². The molecule has 1 aromatic rings. The first-order valence-corrected chi connectivity index (χ1v) is 6.26. The second-order valence-corrected chi connectivity index (χ2v) is 4.10. The van der Waals surface area contributed by atoms with E-state index in [0.717, 1.165) is 43.1 Å². The topological polar surface area (TPSA) is 44.1 Å². The van der Waals surface area contributed by atoms with Gasteiger partial charge in [0.2, 0.25) is 0 Å². The molecule has 0 aliphatic heterocycles. The van der Waals surface area contributed by atoms with Gasteiger partial charge in [0, 0.05) is 31.9 Å². The van der Waals surface area contributed by atoms with E-state index in [0.29, 0.717) is 6.42 Å². The molecular weight excluding hydrogens is 216 g/mol. The summed E-state index contributed by atoms with van der Waals surface area (Å²) in [5.41, 5.74) is 2.61. The van der Waals surface area contributed by atoms with Gasteiger partial charge in [0.1, 0.15) is 0 Å². The summed E-state index contributed by atoms with van der Waals surface area (Å²) in [4.78, 5) is 11.8. The van der Waals surface area contributed by atoms with Crippen LogP contribution in [0, 0.1) is 13.8 Å². The van der Waals surface area contributed by atoms with Gasteiger partial charge in [-0.25, -0.2) is 0 Å². The molecule has 96 valence electrons. The first kappa shape index (κ1) is 13.9. The number of rotatable bonds is 7. The zero-order valence-corrected chi connectivity index (χ0v) is 11.2. The number of nitrogens with zero attached hydrogens (tertiary/aromatic N) is 2. The molecule has 0 atom stereocenters. The molecular formula is C13H22N2O2. The predicted octanol–water partition coefficient (Wildman–Crippen LogP) is 2.52. The van der Waals surface area contributed by atoms with Crippen molar-refractivity contribution in [2.24, 2.45) is 0 Å². The average molecular weight is 238 g/mol. The van der Waals surface area contributed by atoms with Crippen LogP contribution >= 0.6 is 0 Å². The van der Waals surface area contributed by atoms with Gasteiger partial charge in [0.05, 0.1) is 11.3 Å². The fourth-order valence-corrected chi connectivity index (χ4v) is 1.96. The highest BCUT2D eigenvalue weighted by Gasteiger charge is 2.16. The maximum atomic E-state index is 11.8. The molecule has 4 nitrogen and oxygen atoms in total. The van der Waals surface area contributed by atoms with Crippen LogP contribution in [0.5, 0.6) is 0 Å². The van der Waals surface area contributed by atoms with Gasteiger partial charge in [-0.3, -0.25) is 9.48 Å². The first-order valence-electron chi connectivity index (χ1n) is 6.26. The molecule has 0 bridgehead atoms. The van der Waals surface area contributed by atoms with Gasteiger partial charge in [-0.1, -0.05) is 6.92 Å². The van der Waals surface area contributed by atoms with Gasteiger partial charge < -0.3 is 4.74 Å². The largest absolute Gasteiger partial charge is 0.382 e. The lowest BCUT2D eigenvalue weighted by molar-refractivity contribution is 0.0987. The van der Waals surface area contributed by atoms with E-state index in [9.17, 15) is 4.79 Å². The highest BCUT2D eigenvalue weighted by Crippen LogP contribution is 2.15. The van der Waals surface area contributed by atoms with E-state index in [-0.39, 0.29) is 5.78 Å². The number of hydrogen-bond acceptors (Lipinski definition) is 3. The minimum Gasteiger partial charge on any atom is -0.382 e. The third-order valence-corrected chi connectivity index (χ3v) is 2.84. The normalized spacial score (nSPS) is 10.8. The highest BCUT2D eigenvalue weighted by molar-refractivity contribution is 5.97. The van der Waals surface area contributed by atoms with Gasteiger partial charge in [-0.15, -0.1) is 0 Å². The van der Waals surface area contributed by atoms with Crippen LogP contribution in [0.25, 0.3) is 0 Å². The summed E-state index contributed by atoms with van der Waals surface area (Å²) in [7, 11) is 0. The van der Waals surface area contributed by atoms with E-state index in [1.165, 1.54) is 0 Å². The van der Waals surface area contributed by atoms with Crippen LogP contribution in [-0.4, -0.2) is 28.8 Å². The Balaban J connectivity index is 2.71. The summed E-state index contributed by atoms with van der Waals surface area (Å²) in [6, 6.07) is 0. The first-order chi connectivity index (χ1) is 8.11. The number of ether oxygens (including phenoxy) is 1. The van der Waals surface area contributed by atoms with Crippen LogP contribution in [0.4, 0.5) is 0 Å². The van der Waals surface area contributed by atoms with Crippen LogP contribution in [-0.2, 0) is 11.3 Å². The molecule has 0 aliphatic rings. The summed E-state index contributed by atoms with van der Waals surface area (Å²) in [5.74, 6) is 0.177. The van der Waals surface area contributed by atoms with Gasteiger partial charge >= 0.3 is 0 Å². The van der Waals surface area contributed by atoms with Crippen LogP contribution in [0.2, 0.25) is 0 Å². The molecule has 0 saturated carbocycles. The number of carbonyl (C=O) groups is 1. The number of aromatic nitrogens is 2. The van der Waals surface area contributed by atoms with Crippen molar-refractivity contribution >= 4 is 5.78 Å². The lowest BCUT2D eigenvalue weighted by Crippen LogP contribution is -2.07. The molecule has 17 heavy (non-hydrogen) atoms. The van der Waals surface area contributed by atoms with E-state index >= 15 is 0 Å². The van der Waals surface area contributed by atoms with Crippen molar-refractivity contribution in [3.8, 4) is 0 Å². The van der Waals surface area contributed by atoms with Crippen molar-refractivity contribution < 1.29 is 9.53 Å². The summed E-state index contributed by atoms with van der Waals surface area (Å²) >= 11 is 0. The van der Waals surface area contributed by atoms with Gasteiger partial charge in [0.25, 0.3) is 0 Å². The molecule has 0 unspecified atom stereocenters. The quantitative estimate of drug-likeness (QED) is 0.541. The average Bonchev–Trinajstić information content (AvgIpc) is 2.59. The van der Waals surface area contributed by atoms with E-state index < -0.39 is 0 Å². The molecule has 1 heterocycles. The Labute approximate surface area is 103 Å². The van der Waals surface area contributed by atoms with E-state index in [1.807, 2.05) is 32.4 Å². The zero-order valence-electron chi connectivity index (χ0n) is 11.2. The lowest BCUT2D eigenvalue weighted by Gasteiger charge is -2.05. The third-order valence-electron chi connectivity index (χ3n) is 2.84. The second kappa shape index (κ2) is 6.55. The molecule has 0 spiro atoms. The van der Waals surface area contributed by atoms with E-state index in [2.05, 4.69) is 5.10 Å². The van der Waals surface area contributed by atoms with Crippen molar-refractivity contribution in [1.29, 1.82) is 0 Å². The molecule has 0 radical (unpaired) electrons. The van der Waals surface area contributed by atoms with Crippen LogP contribution in [0.15, 0.2) is 0 Å². The molecule has 0 fully saturated rings. The predicted molar refractivity (Wildman–Crippen MR) is 67.4 cm³/mol. The van der Waals surface area contributed by atoms with Crippen molar-refractivity contribution in [2.45, 2.75) is 47.1 Å². The zero-order chi connectivity index (χ0) is 12.8. The molecule has 0 aromatic carbocycles. The van der Waals surface area contributed by atoms with Crippen LogP contribution in [0.1, 0.15) is 48.4 Å². The van der Waals surface area contributed by atoms with E-state index in [4.69, 9.17) is 4.74 Å². The van der Waals surface area contributed by atoms with Crippen molar-refractivity contribution in [2.75, 3.05) is 13.2 Å². The molecule has 0 N–H and O–H groups in total. The minimum atomic E-state index is 0.177. The fraction of sp³-hybridized carbons (Fsp3) is 0.692. The minimum absolute atomic E-state index is 0.177. The van der Waals surface area contributed by atoms with Gasteiger partial charge in [-0.2, -0.15) is 5.10 Å². The van der Waals surface area contributed by atoms with E-state index in [1.54, 1.807) is 0 Å². The maximum absolute atomic E-state index is 11.8.